The number of carboxylic acids is 1. The van der Waals surface area contributed by atoms with Crippen LogP contribution >= 0.6 is 0 Å². The zero-order valence-corrected chi connectivity index (χ0v) is 10.2. The van der Waals surface area contributed by atoms with Crippen LogP contribution in [0.4, 0.5) is 0 Å². The molecule has 0 atom stereocenters. The Morgan fingerprint density at radius 3 is 2.80 bits per heavy atom. The summed E-state index contributed by atoms with van der Waals surface area (Å²) in [5.41, 5.74) is 1.57. The molecule has 0 unspecified atom stereocenters. The molecule has 1 aromatic carbocycles. The minimum absolute atomic E-state index is 0.139. The topological polar surface area (TPSA) is 85.1 Å². The Kier molecular flexibility index (Phi) is 2.76. The first-order chi connectivity index (χ1) is 9.70. The summed E-state index contributed by atoms with van der Waals surface area (Å²) < 4.78 is 1.67. The third-order valence-electron chi connectivity index (χ3n) is 2.98. The smallest absolute Gasteiger partial charge is 0.337 e. The Bertz CT molecular complexity index is 823. The Labute approximate surface area is 113 Å². The molecule has 98 valence electrons. The SMILES string of the molecule is O=Cc1cn(-c2ccc(C(=O)O)c3ncccc23)cn1. The number of aromatic nitrogens is 3. The van der Waals surface area contributed by atoms with Gasteiger partial charge in [0, 0.05) is 17.8 Å². The van der Waals surface area contributed by atoms with Gasteiger partial charge in [-0.05, 0) is 24.3 Å². The molecule has 0 saturated heterocycles. The molecule has 0 amide bonds. The lowest BCUT2D eigenvalue weighted by Gasteiger charge is -2.08. The molecule has 2 aromatic heterocycles. The van der Waals surface area contributed by atoms with Crippen LogP contribution in [0.5, 0.6) is 0 Å². The van der Waals surface area contributed by atoms with Gasteiger partial charge in [-0.1, -0.05) is 0 Å². The highest BCUT2D eigenvalue weighted by Gasteiger charge is 2.13. The van der Waals surface area contributed by atoms with E-state index in [1.54, 1.807) is 35.2 Å². The van der Waals surface area contributed by atoms with Crippen molar-refractivity contribution in [1.82, 2.24) is 14.5 Å². The Balaban J connectivity index is 2.30. The molecule has 3 aromatic rings. The summed E-state index contributed by atoms with van der Waals surface area (Å²) in [5, 5.41) is 9.86. The Morgan fingerprint density at radius 2 is 2.10 bits per heavy atom. The van der Waals surface area contributed by atoms with Crippen LogP contribution in [0.25, 0.3) is 16.6 Å². The lowest BCUT2D eigenvalue weighted by molar-refractivity contribution is 0.0698. The van der Waals surface area contributed by atoms with Crippen LogP contribution in [-0.4, -0.2) is 31.9 Å². The number of hydrogen-bond acceptors (Lipinski definition) is 4. The average molecular weight is 267 g/mol. The third-order valence-corrected chi connectivity index (χ3v) is 2.98. The van der Waals surface area contributed by atoms with Crippen LogP contribution < -0.4 is 0 Å². The van der Waals surface area contributed by atoms with E-state index in [9.17, 15) is 14.7 Å². The van der Waals surface area contributed by atoms with Crippen LogP contribution in [0.2, 0.25) is 0 Å². The van der Waals surface area contributed by atoms with Gasteiger partial charge in [0.1, 0.15) is 12.0 Å². The third kappa shape index (κ3) is 1.83. The quantitative estimate of drug-likeness (QED) is 0.733. The number of carbonyl (C=O) groups excluding carboxylic acids is 1. The van der Waals surface area contributed by atoms with E-state index in [1.165, 1.54) is 12.4 Å². The Hall–Kier alpha value is -3.02. The molecule has 6 nitrogen and oxygen atoms in total. The van der Waals surface area contributed by atoms with Gasteiger partial charge in [-0.3, -0.25) is 9.78 Å². The standard InChI is InChI=1S/C14H9N3O3/c18-7-9-6-17(8-16-9)12-4-3-11(14(19)20)13-10(12)2-1-5-15-13/h1-8H,(H,19,20). The first-order valence-electron chi connectivity index (χ1n) is 5.81. The molecule has 0 saturated carbocycles. The number of benzene rings is 1. The highest BCUT2D eigenvalue weighted by atomic mass is 16.4. The van der Waals surface area contributed by atoms with E-state index in [2.05, 4.69) is 9.97 Å². The fourth-order valence-corrected chi connectivity index (χ4v) is 2.09. The van der Waals surface area contributed by atoms with Crippen molar-refractivity contribution in [3.63, 3.8) is 0 Å². The summed E-state index contributed by atoms with van der Waals surface area (Å²) in [6.07, 6.45) is 5.28. The molecule has 0 aliphatic rings. The molecule has 0 aliphatic heterocycles. The molecule has 3 rings (SSSR count). The summed E-state index contributed by atoms with van der Waals surface area (Å²) in [4.78, 5) is 30.0. The van der Waals surface area contributed by atoms with E-state index >= 15 is 0 Å². The van der Waals surface area contributed by atoms with Gasteiger partial charge in [0.05, 0.1) is 16.8 Å². The number of pyridine rings is 1. The highest BCUT2D eigenvalue weighted by Crippen LogP contribution is 2.24. The number of aromatic carboxylic acids is 1. The molecular formula is C14H9N3O3. The zero-order chi connectivity index (χ0) is 14.1. The number of rotatable bonds is 3. The van der Waals surface area contributed by atoms with Crippen molar-refractivity contribution in [2.75, 3.05) is 0 Å². The summed E-state index contributed by atoms with van der Waals surface area (Å²) in [5.74, 6) is -1.03. The number of aldehydes is 1. The van der Waals surface area contributed by atoms with E-state index in [0.29, 0.717) is 22.9 Å². The van der Waals surface area contributed by atoms with E-state index in [0.717, 1.165) is 5.69 Å². The molecule has 1 N–H and O–H groups in total. The van der Waals surface area contributed by atoms with Gasteiger partial charge in [0.25, 0.3) is 0 Å². The van der Waals surface area contributed by atoms with Crippen molar-refractivity contribution >= 4 is 23.2 Å². The average Bonchev–Trinajstić information content (AvgIpc) is 2.94. The molecule has 0 bridgehead atoms. The van der Waals surface area contributed by atoms with Crippen LogP contribution in [-0.2, 0) is 0 Å². The number of carbonyl (C=O) groups is 2. The molecule has 2 heterocycles. The normalized spacial score (nSPS) is 10.6. The van der Waals surface area contributed by atoms with Crippen LogP contribution in [0.15, 0.2) is 43.0 Å². The Morgan fingerprint density at radius 1 is 1.25 bits per heavy atom. The van der Waals surface area contributed by atoms with E-state index in [-0.39, 0.29) is 5.56 Å². The van der Waals surface area contributed by atoms with Gasteiger partial charge in [-0.25, -0.2) is 9.78 Å². The van der Waals surface area contributed by atoms with Crippen molar-refractivity contribution < 1.29 is 14.7 Å². The minimum Gasteiger partial charge on any atom is -0.478 e. The highest BCUT2D eigenvalue weighted by molar-refractivity contribution is 6.04. The number of hydrogen-bond donors (Lipinski definition) is 1. The summed E-state index contributed by atoms with van der Waals surface area (Å²) in [7, 11) is 0. The zero-order valence-electron chi connectivity index (χ0n) is 10.2. The van der Waals surface area contributed by atoms with Crippen LogP contribution in [0.3, 0.4) is 0 Å². The van der Waals surface area contributed by atoms with Gasteiger partial charge < -0.3 is 9.67 Å². The van der Waals surface area contributed by atoms with Gasteiger partial charge in [-0.2, -0.15) is 0 Å². The summed E-state index contributed by atoms with van der Waals surface area (Å²) in [6, 6.07) is 6.68. The van der Waals surface area contributed by atoms with Gasteiger partial charge in [0.15, 0.2) is 6.29 Å². The number of fused-ring (bicyclic) bond motifs is 1. The molecule has 0 spiro atoms. The van der Waals surface area contributed by atoms with Crippen molar-refractivity contribution in [1.29, 1.82) is 0 Å². The lowest BCUT2D eigenvalue weighted by Crippen LogP contribution is -2.01. The first-order valence-corrected chi connectivity index (χ1v) is 5.81. The number of carboxylic acid groups (broad SMARTS) is 1. The van der Waals surface area contributed by atoms with Crippen molar-refractivity contribution in [3.8, 4) is 5.69 Å². The maximum Gasteiger partial charge on any atom is 0.337 e. The van der Waals surface area contributed by atoms with Gasteiger partial charge >= 0.3 is 5.97 Å². The lowest BCUT2D eigenvalue weighted by atomic mass is 10.1. The van der Waals surface area contributed by atoms with Crippen LogP contribution in [0, 0.1) is 0 Å². The minimum atomic E-state index is -1.03. The molecule has 0 fully saturated rings. The van der Waals surface area contributed by atoms with E-state index in [1.807, 2.05) is 0 Å². The molecule has 20 heavy (non-hydrogen) atoms. The predicted molar refractivity (Wildman–Crippen MR) is 71.2 cm³/mol. The molecule has 6 heteroatoms. The monoisotopic (exact) mass is 267 g/mol. The maximum atomic E-state index is 11.2. The van der Waals surface area contributed by atoms with Gasteiger partial charge in [0.2, 0.25) is 0 Å². The molecular weight excluding hydrogens is 258 g/mol. The molecule has 0 aliphatic carbocycles. The molecule has 0 radical (unpaired) electrons. The van der Waals surface area contributed by atoms with E-state index < -0.39 is 5.97 Å². The second-order valence-corrected chi connectivity index (χ2v) is 4.16. The largest absolute Gasteiger partial charge is 0.478 e. The number of nitrogens with zero attached hydrogens (tertiary/aromatic N) is 3. The first kappa shape index (κ1) is 12.0. The second kappa shape index (κ2) is 4.58. The van der Waals surface area contributed by atoms with E-state index in [4.69, 9.17) is 0 Å². The van der Waals surface area contributed by atoms with Crippen LogP contribution in [0.1, 0.15) is 20.8 Å². The second-order valence-electron chi connectivity index (χ2n) is 4.16. The summed E-state index contributed by atoms with van der Waals surface area (Å²) >= 11 is 0. The summed E-state index contributed by atoms with van der Waals surface area (Å²) in [6.45, 7) is 0. The van der Waals surface area contributed by atoms with Crippen molar-refractivity contribution in [3.05, 3.63) is 54.2 Å². The van der Waals surface area contributed by atoms with Crippen molar-refractivity contribution in [2.24, 2.45) is 0 Å². The predicted octanol–water partition coefficient (Wildman–Crippen LogP) is 1.93. The van der Waals surface area contributed by atoms with Gasteiger partial charge in [-0.15, -0.1) is 0 Å². The fraction of sp³-hybridized carbons (Fsp3) is 0. The fourth-order valence-electron chi connectivity index (χ4n) is 2.09. The number of imidazole rings is 1. The van der Waals surface area contributed by atoms with Crippen molar-refractivity contribution in [2.45, 2.75) is 0 Å². The maximum absolute atomic E-state index is 11.2.